The number of thiocarbonyl (C=S) groups is 1. The maximum Gasteiger partial charge on any atom is -0.00998 e. The monoisotopic (exact) mass is 130 g/mol. The zero-order chi connectivity index (χ0) is 6.57. The van der Waals surface area contributed by atoms with Gasteiger partial charge in [0.15, 0.2) is 0 Å². The molecule has 0 heterocycles. The van der Waals surface area contributed by atoms with E-state index in [-0.39, 0.29) is 0 Å². The minimum atomic E-state index is 0.785. The van der Waals surface area contributed by atoms with Crippen LogP contribution in [0.15, 0.2) is 0 Å². The Balaban J connectivity index is 3.24. The van der Waals surface area contributed by atoms with Crippen molar-refractivity contribution in [3.05, 3.63) is 0 Å². The van der Waals surface area contributed by atoms with Gasteiger partial charge in [0.25, 0.3) is 0 Å². The van der Waals surface area contributed by atoms with Gasteiger partial charge < -0.3 is 0 Å². The topological polar surface area (TPSA) is 0 Å². The van der Waals surface area contributed by atoms with E-state index in [1.807, 2.05) is 6.92 Å². The third kappa shape index (κ3) is 4.25. The quantitative estimate of drug-likeness (QED) is 0.529. The van der Waals surface area contributed by atoms with Crippen LogP contribution in [-0.2, 0) is 0 Å². The second kappa shape index (κ2) is 4.02. The average molecular weight is 130 g/mol. The highest BCUT2D eigenvalue weighted by molar-refractivity contribution is 7.80. The minimum absolute atomic E-state index is 0.785. The Morgan fingerprint density at radius 1 is 1.62 bits per heavy atom. The molecule has 0 radical (unpaired) electrons. The van der Waals surface area contributed by atoms with E-state index in [4.69, 9.17) is 12.2 Å². The van der Waals surface area contributed by atoms with Gasteiger partial charge in [-0.15, -0.1) is 0 Å². The van der Waals surface area contributed by atoms with Crippen LogP contribution in [0.1, 0.15) is 33.6 Å². The molecule has 0 saturated carbocycles. The van der Waals surface area contributed by atoms with Crippen molar-refractivity contribution in [3.63, 3.8) is 0 Å². The van der Waals surface area contributed by atoms with Crippen molar-refractivity contribution < 1.29 is 0 Å². The van der Waals surface area contributed by atoms with Gasteiger partial charge in [0.05, 0.1) is 0 Å². The highest BCUT2D eigenvalue weighted by atomic mass is 32.1. The SMILES string of the molecule is CCC(C)CC(C)=S. The van der Waals surface area contributed by atoms with Crippen LogP contribution < -0.4 is 0 Å². The molecule has 0 aromatic heterocycles. The molecule has 0 aliphatic carbocycles. The fourth-order valence-electron chi connectivity index (χ4n) is 0.635. The Hall–Kier alpha value is 0.0900. The van der Waals surface area contributed by atoms with E-state index in [0.717, 1.165) is 17.2 Å². The summed E-state index contributed by atoms with van der Waals surface area (Å²) in [7, 11) is 0. The third-order valence-electron chi connectivity index (χ3n) is 1.33. The molecular weight excluding hydrogens is 116 g/mol. The van der Waals surface area contributed by atoms with Crippen molar-refractivity contribution in [1.82, 2.24) is 0 Å². The summed E-state index contributed by atoms with van der Waals surface area (Å²) in [4.78, 5) is 1.14. The van der Waals surface area contributed by atoms with Crippen LogP contribution in [0.4, 0.5) is 0 Å². The zero-order valence-electron chi connectivity index (χ0n) is 5.90. The van der Waals surface area contributed by atoms with E-state index in [1.165, 1.54) is 6.42 Å². The van der Waals surface area contributed by atoms with Crippen LogP contribution in [0.5, 0.6) is 0 Å². The summed E-state index contributed by atoms with van der Waals surface area (Å²) < 4.78 is 0. The summed E-state index contributed by atoms with van der Waals surface area (Å²) in [6, 6.07) is 0. The molecule has 0 spiro atoms. The molecular formula is C7H14S. The van der Waals surface area contributed by atoms with Crippen molar-refractivity contribution in [3.8, 4) is 0 Å². The van der Waals surface area contributed by atoms with Gasteiger partial charge in [-0.3, -0.25) is 0 Å². The van der Waals surface area contributed by atoms with Crippen LogP contribution in [0, 0.1) is 5.92 Å². The Kier molecular flexibility index (Phi) is 4.06. The van der Waals surface area contributed by atoms with Gasteiger partial charge in [0.1, 0.15) is 0 Å². The molecule has 48 valence electrons. The first kappa shape index (κ1) is 8.09. The largest absolute Gasteiger partial charge is 0.0900 e. The van der Waals surface area contributed by atoms with Crippen LogP contribution in [-0.4, -0.2) is 4.86 Å². The van der Waals surface area contributed by atoms with Crippen LogP contribution in [0.25, 0.3) is 0 Å². The Morgan fingerprint density at radius 2 is 2.12 bits per heavy atom. The molecule has 0 N–H and O–H groups in total. The smallest absolute Gasteiger partial charge is 0.00998 e. The highest BCUT2D eigenvalue weighted by Gasteiger charge is 1.97. The van der Waals surface area contributed by atoms with Gasteiger partial charge in [0.2, 0.25) is 0 Å². The fraction of sp³-hybridized carbons (Fsp3) is 0.857. The van der Waals surface area contributed by atoms with Gasteiger partial charge in [-0.25, -0.2) is 0 Å². The second-order valence-electron chi connectivity index (χ2n) is 2.42. The van der Waals surface area contributed by atoms with Gasteiger partial charge in [-0.1, -0.05) is 32.5 Å². The van der Waals surface area contributed by atoms with Crippen molar-refractivity contribution in [1.29, 1.82) is 0 Å². The maximum absolute atomic E-state index is 4.94. The predicted molar refractivity (Wildman–Crippen MR) is 42.3 cm³/mol. The molecule has 0 aliphatic heterocycles. The molecule has 8 heavy (non-hydrogen) atoms. The molecule has 0 fully saturated rings. The van der Waals surface area contributed by atoms with Gasteiger partial charge in [-0.2, -0.15) is 0 Å². The lowest BCUT2D eigenvalue weighted by Crippen LogP contribution is -1.97. The molecule has 1 atom stereocenters. The molecule has 0 amide bonds. The summed E-state index contributed by atoms with van der Waals surface area (Å²) in [5, 5.41) is 0. The lowest BCUT2D eigenvalue weighted by Gasteiger charge is -2.04. The Morgan fingerprint density at radius 3 is 2.25 bits per heavy atom. The number of hydrogen-bond acceptors (Lipinski definition) is 1. The lowest BCUT2D eigenvalue weighted by atomic mass is 10.0. The van der Waals surface area contributed by atoms with E-state index in [2.05, 4.69) is 13.8 Å². The fourth-order valence-corrected chi connectivity index (χ4v) is 0.920. The van der Waals surface area contributed by atoms with Gasteiger partial charge in [0, 0.05) is 0 Å². The van der Waals surface area contributed by atoms with Gasteiger partial charge in [-0.05, 0) is 24.1 Å². The normalized spacial score (nSPS) is 13.4. The average Bonchev–Trinajstić information content (AvgIpc) is 1.65. The second-order valence-corrected chi connectivity index (χ2v) is 3.12. The summed E-state index contributed by atoms with van der Waals surface area (Å²) in [6.45, 7) is 6.44. The maximum atomic E-state index is 4.94. The third-order valence-corrected chi connectivity index (χ3v) is 1.50. The predicted octanol–water partition coefficient (Wildman–Crippen LogP) is 2.81. The van der Waals surface area contributed by atoms with E-state index in [1.54, 1.807) is 0 Å². The van der Waals surface area contributed by atoms with Crippen molar-refractivity contribution in [2.75, 3.05) is 0 Å². The number of rotatable bonds is 3. The summed E-state index contributed by atoms with van der Waals surface area (Å²) >= 11 is 4.94. The first-order chi connectivity index (χ1) is 3.66. The molecule has 0 aliphatic rings. The molecule has 0 rings (SSSR count). The number of hydrogen-bond donors (Lipinski definition) is 0. The summed E-state index contributed by atoms with van der Waals surface area (Å²) in [5.41, 5.74) is 0. The van der Waals surface area contributed by atoms with Gasteiger partial charge >= 0.3 is 0 Å². The Labute approximate surface area is 57.3 Å². The van der Waals surface area contributed by atoms with Crippen LogP contribution in [0.2, 0.25) is 0 Å². The molecule has 1 heteroatoms. The zero-order valence-corrected chi connectivity index (χ0v) is 6.72. The molecule has 0 bridgehead atoms. The first-order valence-corrected chi connectivity index (χ1v) is 3.57. The minimum Gasteiger partial charge on any atom is -0.0900 e. The Bertz CT molecular complexity index is 76.5. The van der Waals surface area contributed by atoms with Crippen LogP contribution >= 0.6 is 12.2 Å². The van der Waals surface area contributed by atoms with Crippen molar-refractivity contribution in [2.45, 2.75) is 33.6 Å². The van der Waals surface area contributed by atoms with Crippen LogP contribution in [0.3, 0.4) is 0 Å². The van der Waals surface area contributed by atoms with E-state index in [9.17, 15) is 0 Å². The molecule has 0 aromatic carbocycles. The standard InChI is InChI=1S/C7H14S/c1-4-6(2)5-7(3)8/h6H,4-5H2,1-3H3. The van der Waals surface area contributed by atoms with E-state index in [0.29, 0.717) is 0 Å². The van der Waals surface area contributed by atoms with E-state index >= 15 is 0 Å². The summed E-state index contributed by atoms with van der Waals surface area (Å²) in [6.07, 6.45) is 2.36. The summed E-state index contributed by atoms with van der Waals surface area (Å²) in [5.74, 6) is 0.785. The molecule has 0 nitrogen and oxygen atoms in total. The van der Waals surface area contributed by atoms with Crippen molar-refractivity contribution in [2.24, 2.45) is 5.92 Å². The lowest BCUT2D eigenvalue weighted by molar-refractivity contribution is 0.589. The first-order valence-electron chi connectivity index (χ1n) is 3.16. The molecule has 0 saturated heterocycles. The highest BCUT2D eigenvalue weighted by Crippen LogP contribution is 2.06. The van der Waals surface area contributed by atoms with Crippen molar-refractivity contribution >= 4 is 17.1 Å². The molecule has 0 aromatic rings. The van der Waals surface area contributed by atoms with E-state index < -0.39 is 0 Å². The molecule has 1 unspecified atom stereocenters.